The van der Waals surface area contributed by atoms with E-state index in [1.165, 1.54) is 18.6 Å². The number of aromatic nitrogens is 2. The van der Waals surface area contributed by atoms with Gasteiger partial charge in [0.25, 0.3) is 5.91 Å². The van der Waals surface area contributed by atoms with E-state index in [1.807, 2.05) is 0 Å². The number of carbonyl (C=O) groups is 2. The summed E-state index contributed by atoms with van der Waals surface area (Å²) in [7, 11) is 0. The van der Waals surface area contributed by atoms with E-state index in [4.69, 9.17) is 0 Å². The van der Waals surface area contributed by atoms with Crippen LogP contribution in [0.5, 0.6) is 0 Å². The highest BCUT2D eigenvalue weighted by molar-refractivity contribution is 5.94. The molecule has 1 aliphatic carbocycles. The zero-order valence-electron chi connectivity index (χ0n) is 8.64. The van der Waals surface area contributed by atoms with E-state index in [1.54, 1.807) is 0 Å². The number of amides is 2. The van der Waals surface area contributed by atoms with Gasteiger partial charge in [0.05, 0.1) is 12.7 Å². The number of rotatable bonds is 4. The van der Waals surface area contributed by atoms with Gasteiger partial charge in [-0.1, -0.05) is 0 Å². The Morgan fingerprint density at radius 3 is 2.81 bits per heavy atom. The number of hydrogen-bond acceptors (Lipinski definition) is 4. The van der Waals surface area contributed by atoms with Crippen LogP contribution in [0.15, 0.2) is 18.6 Å². The number of hydrogen-bond donors (Lipinski definition) is 2. The molecule has 1 saturated carbocycles. The molecule has 1 aromatic heterocycles. The molecule has 0 atom stereocenters. The van der Waals surface area contributed by atoms with Crippen LogP contribution in [0, 0.1) is 0 Å². The van der Waals surface area contributed by atoms with Crippen molar-refractivity contribution in [2.45, 2.75) is 18.9 Å². The Hall–Kier alpha value is -1.98. The second-order valence-electron chi connectivity index (χ2n) is 3.62. The summed E-state index contributed by atoms with van der Waals surface area (Å²) in [6, 6.07) is 0.306. The molecule has 1 aromatic rings. The molecule has 0 radical (unpaired) electrons. The minimum Gasteiger partial charge on any atom is -0.352 e. The van der Waals surface area contributed by atoms with Crippen molar-refractivity contribution in [3.05, 3.63) is 24.3 Å². The second-order valence-corrected chi connectivity index (χ2v) is 3.62. The van der Waals surface area contributed by atoms with E-state index < -0.39 is 0 Å². The monoisotopic (exact) mass is 220 g/mol. The van der Waals surface area contributed by atoms with E-state index in [0.717, 1.165) is 12.8 Å². The average molecular weight is 220 g/mol. The van der Waals surface area contributed by atoms with Crippen LogP contribution in [0.1, 0.15) is 23.3 Å². The third kappa shape index (κ3) is 3.01. The second kappa shape index (κ2) is 4.69. The van der Waals surface area contributed by atoms with Gasteiger partial charge in [0.1, 0.15) is 5.69 Å². The highest BCUT2D eigenvalue weighted by atomic mass is 16.2. The Morgan fingerprint density at radius 2 is 2.19 bits per heavy atom. The normalized spacial score (nSPS) is 14.2. The molecule has 0 aliphatic heterocycles. The van der Waals surface area contributed by atoms with Crippen LogP contribution in [0.25, 0.3) is 0 Å². The summed E-state index contributed by atoms with van der Waals surface area (Å²) in [5.74, 6) is -0.557. The smallest absolute Gasteiger partial charge is 0.271 e. The molecule has 0 aromatic carbocycles. The van der Waals surface area contributed by atoms with E-state index in [-0.39, 0.29) is 24.1 Å². The van der Waals surface area contributed by atoms with E-state index in [0.29, 0.717) is 6.04 Å². The predicted octanol–water partition coefficient (Wildman–Crippen LogP) is -0.515. The lowest BCUT2D eigenvalue weighted by Crippen LogP contribution is -2.38. The van der Waals surface area contributed by atoms with Gasteiger partial charge in [-0.25, -0.2) is 4.98 Å². The first-order valence-electron chi connectivity index (χ1n) is 5.09. The molecule has 84 valence electrons. The van der Waals surface area contributed by atoms with Crippen LogP contribution in [0.4, 0.5) is 0 Å². The summed E-state index contributed by atoms with van der Waals surface area (Å²) < 4.78 is 0. The van der Waals surface area contributed by atoms with E-state index in [9.17, 15) is 9.59 Å². The number of nitrogens with zero attached hydrogens (tertiary/aromatic N) is 2. The van der Waals surface area contributed by atoms with Crippen molar-refractivity contribution in [3.8, 4) is 0 Å². The Kier molecular flexibility index (Phi) is 3.09. The third-order valence-electron chi connectivity index (χ3n) is 2.15. The van der Waals surface area contributed by atoms with Crippen molar-refractivity contribution in [2.24, 2.45) is 0 Å². The Labute approximate surface area is 92.5 Å². The minimum atomic E-state index is -0.390. The van der Waals surface area contributed by atoms with Crippen molar-refractivity contribution in [2.75, 3.05) is 6.54 Å². The van der Waals surface area contributed by atoms with Crippen LogP contribution in [-0.4, -0.2) is 34.4 Å². The molecule has 0 saturated heterocycles. The number of carbonyl (C=O) groups excluding carboxylic acids is 2. The largest absolute Gasteiger partial charge is 0.352 e. The van der Waals surface area contributed by atoms with Gasteiger partial charge in [0.15, 0.2) is 0 Å². The van der Waals surface area contributed by atoms with Crippen molar-refractivity contribution in [3.63, 3.8) is 0 Å². The molecular weight excluding hydrogens is 208 g/mol. The first-order valence-corrected chi connectivity index (χ1v) is 5.09. The molecule has 2 N–H and O–H groups in total. The minimum absolute atomic E-state index is 0.0219. The zero-order valence-corrected chi connectivity index (χ0v) is 8.64. The lowest BCUT2D eigenvalue weighted by molar-refractivity contribution is -0.120. The van der Waals surface area contributed by atoms with Crippen LogP contribution in [0.3, 0.4) is 0 Å². The van der Waals surface area contributed by atoms with Crippen molar-refractivity contribution in [1.29, 1.82) is 0 Å². The molecular formula is C10H12N4O2. The SMILES string of the molecule is O=C(CNC(=O)c1cnccn1)NC1CC1. The van der Waals surface area contributed by atoms with Crippen molar-refractivity contribution in [1.82, 2.24) is 20.6 Å². The van der Waals surface area contributed by atoms with Gasteiger partial charge in [-0.2, -0.15) is 0 Å². The van der Waals surface area contributed by atoms with Gasteiger partial charge in [0.2, 0.25) is 5.91 Å². The van der Waals surface area contributed by atoms with Crippen LogP contribution >= 0.6 is 0 Å². The molecule has 16 heavy (non-hydrogen) atoms. The van der Waals surface area contributed by atoms with Crippen LogP contribution in [-0.2, 0) is 4.79 Å². The van der Waals surface area contributed by atoms with Gasteiger partial charge in [-0.3, -0.25) is 14.6 Å². The molecule has 0 unspecified atom stereocenters. The Bertz CT molecular complexity index is 389. The van der Waals surface area contributed by atoms with Gasteiger partial charge in [-0.15, -0.1) is 0 Å². The van der Waals surface area contributed by atoms with Crippen LogP contribution < -0.4 is 10.6 Å². The first kappa shape index (κ1) is 10.5. The standard InChI is InChI=1S/C10H12N4O2/c15-9(14-7-1-2-7)6-13-10(16)8-5-11-3-4-12-8/h3-5,7H,1-2,6H2,(H,13,16)(H,14,15). The molecule has 1 aliphatic rings. The van der Waals surface area contributed by atoms with Crippen molar-refractivity contribution < 1.29 is 9.59 Å². The van der Waals surface area contributed by atoms with E-state index >= 15 is 0 Å². The van der Waals surface area contributed by atoms with Gasteiger partial charge >= 0.3 is 0 Å². The maximum absolute atomic E-state index is 11.5. The summed E-state index contributed by atoms with van der Waals surface area (Å²) in [6.07, 6.45) is 6.33. The Morgan fingerprint density at radius 1 is 1.38 bits per heavy atom. The molecule has 0 bridgehead atoms. The molecule has 2 amide bonds. The topological polar surface area (TPSA) is 84.0 Å². The highest BCUT2D eigenvalue weighted by Gasteiger charge is 2.23. The van der Waals surface area contributed by atoms with E-state index in [2.05, 4.69) is 20.6 Å². The molecule has 2 rings (SSSR count). The average Bonchev–Trinajstić information content (AvgIpc) is 3.11. The fraction of sp³-hybridized carbons (Fsp3) is 0.400. The van der Waals surface area contributed by atoms with Crippen molar-refractivity contribution >= 4 is 11.8 Å². The lowest BCUT2D eigenvalue weighted by Gasteiger charge is -2.04. The highest BCUT2D eigenvalue weighted by Crippen LogP contribution is 2.18. The van der Waals surface area contributed by atoms with Gasteiger partial charge in [-0.05, 0) is 12.8 Å². The molecule has 6 heteroatoms. The fourth-order valence-electron chi connectivity index (χ4n) is 1.17. The fourth-order valence-corrected chi connectivity index (χ4v) is 1.17. The quantitative estimate of drug-likeness (QED) is 0.715. The zero-order chi connectivity index (χ0) is 11.4. The summed E-state index contributed by atoms with van der Waals surface area (Å²) in [5, 5.41) is 5.25. The summed E-state index contributed by atoms with van der Waals surface area (Å²) >= 11 is 0. The molecule has 1 fully saturated rings. The summed E-state index contributed by atoms with van der Waals surface area (Å²) in [6.45, 7) is -0.0219. The van der Waals surface area contributed by atoms with Crippen LogP contribution in [0.2, 0.25) is 0 Å². The lowest BCUT2D eigenvalue weighted by atomic mass is 10.4. The van der Waals surface area contributed by atoms with Gasteiger partial charge < -0.3 is 10.6 Å². The summed E-state index contributed by atoms with van der Waals surface area (Å²) in [5.41, 5.74) is 0.210. The maximum atomic E-state index is 11.5. The third-order valence-corrected chi connectivity index (χ3v) is 2.15. The number of nitrogens with one attached hydrogen (secondary N) is 2. The Balaban J connectivity index is 1.77. The molecule has 0 spiro atoms. The van der Waals surface area contributed by atoms with Gasteiger partial charge in [0, 0.05) is 18.4 Å². The first-order chi connectivity index (χ1) is 7.75. The maximum Gasteiger partial charge on any atom is 0.271 e. The predicted molar refractivity (Wildman–Crippen MR) is 55.5 cm³/mol. The molecule has 6 nitrogen and oxygen atoms in total. The molecule has 1 heterocycles. The summed E-state index contributed by atoms with van der Waals surface area (Å²) in [4.78, 5) is 30.3.